The van der Waals surface area contributed by atoms with Gasteiger partial charge in [0.2, 0.25) is 0 Å². The van der Waals surface area contributed by atoms with E-state index in [0.29, 0.717) is 0 Å². The van der Waals surface area contributed by atoms with E-state index in [1.54, 1.807) is 14.2 Å². The van der Waals surface area contributed by atoms with Crippen LogP contribution in [0.1, 0.15) is 31.7 Å². The van der Waals surface area contributed by atoms with Gasteiger partial charge in [0.15, 0.2) is 0 Å². The molecule has 1 aliphatic carbocycles. The normalized spacial score (nSPS) is 19.4. The number of aromatic nitrogens is 2. The summed E-state index contributed by atoms with van der Waals surface area (Å²) in [6, 6.07) is 15.9. The van der Waals surface area contributed by atoms with Crippen molar-refractivity contribution in [3.8, 4) is 34.0 Å². The van der Waals surface area contributed by atoms with Crippen molar-refractivity contribution in [3.05, 3.63) is 54.9 Å². The zero-order valence-corrected chi connectivity index (χ0v) is 16.3. The molecule has 146 valence electrons. The average Bonchev–Trinajstić information content (AvgIpc) is 3.18. The summed E-state index contributed by atoms with van der Waals surface area (Å²) in [6.07, 6.45) is 5.37. The summed E-state index contributed by atoms with van der Waals surface area (Å²) < 4.78 is 13.5. The maximum absolute atomic E-state index is 10.7. The van der Waals surface area contributed by atoms with Crippen molar-refractivity contribution in [1.82, 2.24) is 9.55 Å². The zero-order valence-electron chi connectivity index (χ0n) is 16.3. The summed E-state index contributed by atoms with van der Waals surface area (Å²) in [6.45, 7) is 0. The van der Waals surface area contributed by atoms with E-state index in [9.17, 15) is 5.11 Å². The van der Waals surface area contributed by atoms with Gasteiger partial charge >= 0.3 is 0 Å². The lowest BCUT2D eigenvalue weighted by Gasteiger charge is -2.30. The van der Waals surface area contributed by atoms with Gasteiger partial charge < -0.3 is 19.1 Å². The summed E-state index contributed by atoms with van der Waals surface area (Å²) >= 11 is 0. The summed E-state index contributed by atoms with van der Waals surface area (Å²) in [5.74, 6) is 1.45. The van der Waals surface area contributed by atoms with Gasteiger partial charge in [-0.3, -0.25) is 0 Å². The van der Waals surface area contributed by atoms with Crippen molar-refractivity contribution < 1.29 is 14.6 Å². The van der Waals surface area contributed by atoms with Gasteiger partial charge in [0.25, 0.3) is 0 Å². The van der Waals surface area contributed by atoms with Crippen LogP contribution in [0, 0.1) is 0 Å². The average molecular weight is 378 g/mol. The topological polar surface area (TPSA) is 56.5 Å². The Morgan fingerprint density at radius 3 is 2.25 bits per heavy atom. The number of benzene rings is 2. The molecule has 0 spiro atoms. The summed E-state index contributed by atoms with van der Waals surface area (Å²) in [5, 5.41) is 10.7. The van der Waals surface area contributed by atoms with Gasteiger partial charge in [-0.2, -0.15) is 0 Å². The second kappa shape index (κ2) is 8.07. The van der Waals surface area contributed by atoms with Gasteiger partial charge in [0, 0.05) is 5.56 Å². The third kappa shape index (κ3) is 3.27. The third-order valence-electron chi connectivity index (χ3n) is 5.56. The lowest BCUT2D eigenvalue weighted by atomic mass is 9.91. The summed E-state index contributed by atoms with van der Waals surface area (Å²) in [5.41, 5.74) is 3.67. The molecule has 0 aliphatic heterocycles. The molecule has 5 nitrogen and oxygen atoms in total. The Morgan fingerprint density at radius 1 is 0.929 bits per heavy atom. The van der Waals surface area contributed by atoms with Crippen LogP contribution in [0.5, 0.6) is 11.5 Å². The number of nitrogens with zero attached hydrogens (tertiary/aromatic N) is 2. The molecule has 0 unspecified atom stereocenters. The van der Waals surface area contributed by atoms with Crippen molar-refractivity contribution in [2.45, 2.75) is 37.8 Å². The molecule has 4 rings (SSSR count). The fraction of sp³-hybridized carbons (Fsp3) is 0.348. The lowest BCUT2D eigenvalue weighted by Crippen LogP contribution is -2.27. The number of hydrogen-bond donors (Lipinski definition) is 1. The Kier molecular flexibility index (Phi) is 5.35. The second-order valence-corrected chi connectivity index (χ2v) is 7.17. The molecule has 0 amide bonds. The number of hydrogen-bond acceptors (Lipinski definition) is 4. The first kappa shape index (κ1) is 18.6. The van der Waals surface area contributed by atoms with E-state index < -0.39 is 0 Å². The Morgan fingerprint density at radius 2 is 1.61 bits per heavy atom. The fourth-order valence-corrected chi connectivity index (χ4v) is 4.17. The first-order valence-corrected chi connectivity index (χ1v) is 9.76. The Labute approximate surface area is 165 Å². The van der Waals surface area contributed by atoms with Crippen molar-refractivity contribution in [2.24, 2.45) is 0 Å². The molecule has 3 aromatic rings. The van der Waals surface area contributed by atoms with Crippen LogP contribution in [0.4, 0.5) is 0 Å². The van der Waals surface area contributed by atoms with Crippen molar-refractivity contribution in [1.29, 1.82) is 0 Å². The van der Waals surface area contributed by atoms with Crippen LogP contribution in [0.2, 0.25) is 0 Å². The molecule has 0 saturated heterocycles. The highest BCUT2D eigenvalue weighted by atomic mass is 16.5. The first-order chi connectivity index (χ1) is 13.7. The van der Waals surface area contributed by atoms with E-state index in [1.807, 2.05) is 42.7 Å². The van der Waals surface area contributed by atoms with Crippen LogP contribution >= 0.6 is 0 Å². The Balaban J connectivity index is 1.98. The fourth-order valence-electron chi connectivity index (χ4n) is 4.17. The molecular weight excluding hydrogens is 352 g/mol. The molecule has 2 atom stereocenters. The number of aliphatic hydroxyl groups is 1. The smallest absolute Gasteiger partial charge is 0.132 e. The van der Waals surface area contributed by atoms with Crippen LogP contribution in [-0.4, -0.2) is 35.0 Å². The Hall–Kier alpha value is -2.79. The largest absolute Gasteiger partial charge is 0.496 e. The van der Waals surface area contributed by atoms with Gasteiger partial charge in [0.1, 0.15) is 11.5 Å². The van der Waals surface area contributed by atoms with E-state index in [2.05, 4.69) is 16.7 Å². The number of ether oxygens (including phenoxy) is 2. The van der Waals surface area contributed by atoms with Gasteiger partial charge in [-0.1, -0.05) is 49.2 Å². The van der Waals surface area contributed by atoms with Crippen molar-refractivity contribution >= 4 is 0 Å². The molecule has 0 bridgehead atoms. The minimum absolute atomic E-state index is 0.0108. The number of aliphatic hydroxyl groups excluding tert-OH is 1. The monoisotopic (exact) mass is 378 g/mol. The Bertz CT molecular complexity index is 914. The molecule has 1 aliphatic rings. The van der Waals surface area contributed by atoms with Crippen LogP contribution in [0.15, 0.2) is 54.9 Å². The first-order valence-electron chi connectivity index (χ1n) is 9.76. The van der Waals surface area contributed by atoms with E-state index in [0.717, 1.165) is 59.7 Å². The summed E-state index contributed by atoms with van der Waals surface area (Å²) in [4.78, 5) is 4.76. The zero-order chi connectivity index (χ0) is 19.5. The van der Waals surface area contributed by atoms with E-state index in [-0.39, 0.29) is 12.1 Å². The SMILES string of the molecule is COc1cccc(OC)c1-c1c(-c2ccccc2)ncn1[C@H]1CCCC[C@@H]1O. The molecule has 1 fully saturated rings. The number of methoxy groups -OCH3 is 2. The van der Waals surface area contributed by atoms with Gasteiger partial charge in [0.05, 0.1) is 49.6 Å². The molecule has 1 heterocycles. The minimum Gasteiger partial charge on any atom is -0.496 e. The van der Waals surface area contributed by atoms with Gasteiger partial charge in [-0.05, 0) is 25.0 Å². The van der Waals surface area contributed by atoms with Crippen molar-refractivity contribution in [2.75, 3.05) is 14.2 Å². The molecule has 2 aromatic carbocycles. The molecule has 0 radical (unpaired) electrons. The number of rotatable bonds is 5. The number of imidazole rings is 1. The van der Waals surface area contributed by atoms with E-state index in [1.165, 1.54) is 0 Å². The standard InChI is InChI=1S/C23H26N2O3/c1-27-19-13-8-14-20(28-2)21(19)23-22(16-9-4-3-5-10-16)24-15-25(23)17-11-6-7-12-18(17)26/h3-5,8-10,13-15,17-18,26H,6-7,11-12H2,1-2H3/t17-,18-/m0/s1. The van der Waals surface area contributed by atoms with Gasteiger partial charge in [-0.15, -0.1) is 0 Å². The van der Waals surface area contributed by atoms with Crippen LogP contribution in [0.25, 0.3) is 22.5 Å². The summed E-state index contributed by atoms with van der Waals surface area (Å²) in [7, 11) is 3.33. The minimum atomic E-state index is -0.383. The van der Waals surface area contributed by atoms with Crippen LogP contribution < -0.4 is 9.47 Å². The molecular formula is C23H26N2O3. The second-order valence-electron chi connectivity index (χ2n) is 7.17. The van der Waals surface area contributed by atoms with Crippen molar-refractivity contribution in [3.63, 3.8) is 0 Å². The van der Waals surface area contributed by atoms with Crippen LogP contribution in [0.3, 0.4) is 0 Å². The maximum atomic E-state index is 10.7. The quantitative estimate of drug-likeness (QED) is 0.698. The van der Waals surface area contributed by atoms with Gasteiger partial charge in [-0.25, -0.2) is 4.98 Å². The van der Waals surface area contributed by atoms with E-state index >= 15 is 0 Å². The molecule has 1 N–H and O–H groups in total. The molecule has 5 heteroatoms. The highest BCUT2D eigenvalue weighted by Gasteiger charge is 2.30. The molecule has 1 aromatic heterocycles. The van der Waals surface area contributed by atoms with Crippen LogP contribution in [-0.2, 0) is 0 Å². The molecule has 28 heavy (non-hydrogen) atoms. The highest BCUT2D eigenvalue weighted by Crippen LogP contribution is 2.45. The molecule has 1 saturated carbocycles. The highest BCUT2D eigenvalue weighted by molar-refractivity contribution is 5.85. The predicted molar refractivity (Wildman–Crippen MR) is 110 cm³/mol. The lowest BCUT2D eigenvalue weighted by molar-refractivity contribution is 0.0761. The third-order valence-corrected chi connectivity index (χ3v) is 5.56. The maximum Gasteiger partial charge on any atom is 0.132 e. The predicted octanol–water partition coefficient (Wildman–Crippen LogP) is 4.71. The van der Waals surface area contributed by atoms with E-state index in [4.69, 9.17) is 14.5 Å².